The predicted molar refractivity (Wildman–Crippen MR) is 163 cm³/mol. The van der Waals surface area contributed by atoms with Crippen LogP contribution in [-0.2, 0) is 37.3 Å². The Balaban J connectivity index is 1.47. The fourth-order valence-electron chi connectivity index (χ4n) is 4.84. The summed E-state index contributed by atoms with van der Waals surface area (Å²) >= 11 is 1.28. The van der Waals surface area contributed by atoms with E-state index in [2.05, 4.69) is 20.7 Å². The molecule has 2 N–H and O–H groups in total. The number of nitrogens with zero attached hydrogens (tertiary/aromatic N) is 5. The number of carbonyl (C=O) groups excluding carboxylic acids is 1. The van der Waals surface area contributed by atoms with Crippen LogP contribution in [-0.4, -0.2) is 42.3 Å². The lowest BCUT2D eigenvalue weighted by atomic mass is 9.81. The molecule has 47 heavy (non-hydrogen) atoms. The van der Waals surface area contributed by atoms with Gasteiger partial charge in [-0.05, 0) is 35.9 Å². The quantitative estimate of drug-likeness (QED) is 0.0889. The summed E-state index contributed by atoms with van der Waals surface area (Å²) in [7, 11) is -4.74. The Bertz CT molecular complexity index is 1950. The molecule has 0 saturated carbocycles. The fourth-order valence-corrected chi connectivity index (χ4v) is 6.13. The van der Waals surface area contributed by atoms with E-state index in [-0.39, 0.29) is 17.7 Å². The van der Waals surface area contributed by atoms with E-state index < -0.39 is 50.3 Å². The third-order valence-electron chi connectivity index (χ3n) is 7.22. The van der Waals surface area contributed by atoms with Crippen molar-refractivity contribution in [3.8, 4) is 17.3 Å². The van der Waals surface area contributed by atoms with Crippen LogP contribution in [0.2, 0.25) is 0 Å². The molecule has 0 fully saturated rings. The number of halogens is 2. The van der Waals surface area contributed by atoms with E-state index in [0.29, 0.717) is 21.8 Å². The van der Waals surface area contributed by atoms with Crippen LogP contribution in [0.4, 0.5) is 8.78 Å². The first kappa shape index (κ1) is 33.7. The molecule has 0 bridgehead atoms. The molecule has 0 aliphatic heterocycles. The average molecular weight is 682 g/mol. The van der Waals surface area contributed by atoms with Gasteiger partial charge in [-0.2, -0.15) is 10.4 Å². The number of ether oxygens (including phenoxy) is 2. The number of benzene rings is 3. The lowest BCUT2D eigenvalue weighted by Gasteiger charge is -2.38. The van der Waals surface area contributed by atoms with Crippen molar-refractivity contribution in [3.63, 3.8) is 0 Å². The molecule has 2 unspecified atom stereocenters. The highest BCUT2D eigenvalue weighted by Crippen LogP contribution is 2.44. The number of aromatic nitrogens is 4. The minimum Gasteiger partial charge on any atom is -0.435 e. The molecule has 0 spiro atoms. The zero-order valence-electron chi connectivity index (χ0n) is 24.6. The van der Waals surface area contributed by atoms with Crippen molar-refractivity contribution in [1.29, 1.82) is 5.26 Å². The maximum Gasteiger partial charge on any atom is 0.469 e. The summed E-state index contributed by atoms with van der Waals surface area (Å²) in [6.07, 6.45) is 2.68. The number of hydrogen-bond donors (Lipinski definition) is 2. The number of esters is 1. The summed E-state index contributed by atoms with van der Waals surface area (Å²) in [5.74, 6) is -3.30. The number of nitriles is 1. The molecule has 12 nitrogen and oxygen atoms in total. The third-order valence-corrected chi connectivity index (χ3v) is 8.71. The van der Waals surface area contributed by atoms with Gasteiger partial charge in [-0.3, -0.25) is 4.52 Å². The molecule has 5 rings (SSSR count). The van der Waals surface area contributed by atoms with Crippen molar-refractivity contribution < 1.29 is 41.9 Å². The van der Waals surface area contributed by atoms with Crippen molar-refractivity contribution in [2.45, 2.75) is 31.6 Å². The number of hydrogen-bond acceptors (Lipinski definition) is 10. The number of phosphoric ester groups is 1. The third kappa shape index (κ3) is 8.19. The molecule has 0 aliphatic carbocycles. The number of thiazole rings is 1. The van der Waals surface area contributed by atoms with Crippen molar-refractivity contribution in [2.75, 3.05) is 6.79 Å². The van der Waals surface area contributed by atoms with Crippen molar-refractivity contribution in [2.24, 2.45) is 0 Å². The molecule has 0 amide bonds. The summed E-state index contributed by atoms with van der Waals surface area (Å²) in [5, 5.41) is 15.6. The Labute approximate surface area is 271 Å². The lowest BCUT2D eigenvalue weighted by Crippen LogP contribution is -2.42. The first-order valence-corrected chi connectivity index (χ1v) is 16.2. The van der Waals surface area contributed by atoms with Crippen LogP contribution < -0.4 is 0 Å². The number of phosphoric acid groups is 1. The Hall–Kier alpha value is -4.68. The summed E-state index contributed by atoms with van der Waals surface area (Å²) < 4.78 is 58.5. The van der Waals surface area contributed by atoms with Gasteiger partial charge in [0.25, 0.3) is 0 Å². The van der Waals surface area contributed by atoms with Gasteiger partial charge in [-0.15, -0.1) is 11.3 Å². The van der Waals surface area contributed by atoms with Gasteiger partial charge in [0.05, 0.1) is 41.0 Å². The Morgan fingerprint density at radius 3 is 2.62 bits per heavy atom. The van der Waals surface area contributed by atoms with Gasteiger partial charge < -0.3 is 19.3 Å². The summed E-state index contributed by atoms with van der Waals surface area (Å²) in [4.78, 5) is 39.7. The molecule has 16 heteroatoms. The van der Waals surface area contributed by atoms with Gasteiger partial charge in [-0.25, -0.2) is 32.8 Å². The maximum atomic E-state index is 15.7. The summed E-state index contributed by atoms with van der Waals surface area (Å²) in [5.41, 5.74) is 0.444. The zero-order chi connectivity index (χ0) is 33.6. The minimum atomic E-state index is -4.74. The highest BCUT2D eigenvalue weighted by atomic mass is 32.1. The van der Waals surface area contributed by atoms with Crippen LogP contribution in [0.3, 0.4) is 0 Å². The first-order chi connectivity index (χ1) is 22.5. The van der Waals surface area contributed by atoms with E-state index >= 15 is 4.39 Å². The second kappa shape index (κ2) is 14.4. The number of rotatable bonds is 13. The van der Waals surface area contributed by atoms with Crippen LogP contribution in [0, 0.1) is 23.0 Å². The second-order valence-electron chi connectivity index (χ2n) is 10.2. The van der Waals surface area contributed by atoms with E-state index in [1.54, 1.807) is 36.6 Å². The molecule has 3 aromatic carbocycles. The van der Waals surface area contributed by atoms with E-state index in [9.17, 15) is 13.8 Å². The number of carbonyl (C=O) groups is 1. The molecule has 5 aromatic rings. The van der Waals surface area contributed by atoms with Crippen LogP contribution in [0.25, 0.3) is 11.3 Å². The highest BCUT2D eigenvalue weighted by molar-refractivity contribution is 7.46. The molecular weight excluding hydrogens is 655 g/mol. The van der Waals surface area contributed by atoms with Gasteiger partial charge >= 0.3 is 13.8 Å². The SMILES string of the molecule is CC(c1nc(-c2ccc(C#N)cc2)cs1)C(Cn1cncn1)(OCOC(=O)c1cccc(COP(=O)(O)O)c1)c1ccc(F)cc1F. The Morgan fingerprint density at radius 1 is 1.15 bits per heavy atom. The Kier molecular flexibility index (Phi) is 10.3. The van der Waals surface area contributed by atoms with Gasteiger partial charge in [-0.1, -0.05) is 37.3 Å². The van der Waals surface area contributed by atoms with E-state index in [0.717, 1.165) is 17.7 Å². The smallest absolute Gasteiger partial charge is 0.435 e. The van der Waals surface area contributed by atoms with Gasteiger partial charge in [0.15, 0.2) is 6.79 Å². The molecular formula is C31H26F2N5O7PS. The normalized spacial score (nSPS) is 13.4. The van der Waals surface area contributed by atoms with Gasteiger partial charge in [0, 0.05) is 28.5 Å². The van der Waals surface area contributed by atoms with Gasteiger partial charge in [0.1, 0.15) is 29.9 Å². The fraction of sp³-hybridized carbons (Fsp3) is 0.194. The average Bonchev–Trinajstić information content (AvgIpc) is 3.76. The molecule has 2 heterocycles. The molecule has 2 aromatic heterocycles. The summed E-state index contributed by atoms with van der Waals surface area (Å²) in [6, 6.07) is 17.7. The second-order valence-corrected chi connectivity index (χ2v) is 12.4. The van der Waals surface area contributed by atoms with E-state index in [1.807, 2.05) is 0 Å². The lowest BCUT2D eigenvalue weighted by molar-refractivity contribution is -0.148. The van der Waals surface area contributed by atoms with Crippen LogP contribution in [0.1, 0.15) is 44.9 Å². The van der Waals surface area contributed by atoms with Crippen LogP contribution >= 0.6 is 19.2 Å². The van der Waals surface area contributed by atoms with Gasteiger partial charge in [0.2, 0.25) is 0 Å². The van der Waals surface area contributed by atoms with Crippen molar-refractivity contribution >= 4 is 25.1 Å². The molecule has 0 radical (unpaired) electrons. The predicted octanol–water partition coefficient (Wildman–Crippen LogP) is 5.69. The zero-order valence-corrected chi connectivity index (χ0v) is 26.3. The summed E-state index contributed by atoms with van der Waals surface area (Å²) in [6.45, 7) is 0.455. The molecule has 0 aliphatic rings. The van der Waals surface area contributed by atoms with Crippen LogP contribution in [0.5, 0.6) is 0 Å². The maximum absolute atomic E-state index is 15.7. The van der Waals surface area contributed by atoms with Crippen LogP contribution in [0.15, 0.2) is 84.8 Å². The first-order valence-electron chi connectivity index (χ1n) is 13.8. The molecule has 0 saturated heterocycles. The van der Waals surface area contributed by atoms with Crippen molar-refractivity contribution in [1.82, 2.24) is 19.7 Å². The van der Waals surface area contributed by atoms with E-state index in [1.165, 1.54) is 59.0 Å². The minimum absolute atomic E-state index is 0.0373. The standard InChI is InChI=1S/C31H26F2N5O7PS/c1-20(29-37-28(15-47-29)23-7-5-21(13-34)6-8-23)31(16-38-18-35-17-36-38,26-10-9-25(32)12-27(26)33)44-19-43-30(39)24-4-2-3-22(11-24)14-45-46(40,41)42/h2-12,15,17-18,20H,14,16,19H2,1H3,(H2,40,41,42). The van der Waals surface area contributed by atoms with E-state index in [4.69, 9.17) is 29.5 Å². The topological polar surface area (TPSA) is 170 Å². The molecule has 242 valence electrons. The Morgan fingerprint density at radius 2 is 1.94 bits per heavy atom. The molecule has 2 atom stereocenters. The highest BCUT2D eigenvalue weighted by Gasteiger charge is 2.45. The monoisotopic (exact) mass is 681 g/mol. The largest absolute Gasteiger partial charge is 0.469 e. The van der Waals surface area contributed by atoms with Crippen molar-refractivity contribution in [3.05, 3.63) is 124 Å².